The van der Waals surface area contributed by atoms with Gasteiger partial charge in [0.2, 0.25) is 0 Å². The molecule has 8 heteroatoms. The number of aryl methyl sites for hydroxylation is 1. The van der Waals surface area contributed by atoms with Crippen molar-refractivity contribution in [2.75, 3.05) is 32.4 Å². The van der Waals surface area contributed by atoms with Crippen LogP contribution in [0.5, 0.6) is 0 Å². The summed E-state index contributed by atoms with van der Waals surface area (Å²) in [5.74, 6) is -1.04. The number of aliphatic carboxylic acids is 1. The lowest BCUT2D eigenvalue weighted by atomic mass is 10.0. The maximum atomic E-state index is 12.5. The summed E-state index contributed by atoms with van der Waals surface area (Å²) in [4.78, 5) is 11.1. The monoisotopic (exact) mass is 442 g/mol. The van der Waals surface area contributed by atoms with Crippen LogP contribution in [0.15, 0.2) is 24.3 Å². The molecule has 0 radical (unpaired) electrons. The van der Waals surface area contributed by atoms with Gasteiger partial charge in [0.1, 0.15) is 0 Å². The van der Waals surface area contributed by atoms with Gasteiger partial charge in [-0.2, -0.15) is 13.1 Å². The Morgan fingerprint density at radius 1 is 1.00 bits per heavy atom. The van der Waals surface area contributed by atoms with E-state index in [2.05, 4.69) is 16.4 Å². The van der Waals surface area contributed by atoms with Crippen LogP contribution in [0.2, 0.25) is 0 Å². The van der Waals surface area contributed by atoms with Gasteiger partial charge < -0.3 is 9.59 Å². The smallest absolute Gasteiger partial charge is 0.305 e. The average Bonchev–Trinajstić information content (AvgIpc) is 2.59. The first kappa shape index (κ1) is 26.4. The molecule has 0 aromatic heterocycles. The first-order chi connectivity index (χ1) is 14.0. The molecule has 0 spiro atoms. The third kappa shape index (κ3) is 12.8. The molecular weight excluding hydrogens is 402 g/mol. The zero-order valence-electron chi connectivity index (χ0n) is 19.0. The summed E-state index contributed by atoms with van der Waals surface area (Å²) in [6.07, 6.45) is 9.56. The topological polar surface area (TPSA) is 95.5 Å². The van der Waals surface area contributed by atoms with Crippen LogP contribution in [0.4, 0.5) is 5.69 Å². The number of carboxylic acid groups (broad SMARTS) is 1. The second kappa shape index (κ2) is 12.9. The lowest BCUT2D eigenvalue weighted by Gasteiger charge is -2.29. The Balaban J connectivity index is 2.53. The average molecular weight is 443 g/mol. The van der Waals surface area contributed by atoms with Gasteiger partial charge in [-0.05, 0) is 30.5 Å². The Morgan fingerprint density at radius 2 is 1.57 bits per heavy atom. The largest absolute Gasteiger partial charge is 0.481 e. The maximum absolute atomic E-state index is 12.5. The Kier molecular flexibility index (Phi) is 11.4. The third-order valence-corrected chi connectivity index (χ3v) is 5.93. The molecule has 0 saturated heterocycles. The minimum Gasteiger partial charge on any atom is -0.481 e. The number of carboxylic acids is 1. The van der Waals surface area contributed by atoms with Crippen LogP contribution in [-0.4, -0.2) is 57.7 Å². The molecule has 1 aromatic carbocycles. The van der Waals surface area contributed by atoms with Gasteiger partial charge in [-0.3, -0.25) is 9.52 Å². The van der Waals surface area contributed by atoms with Crippen molar-refractivity contribution < 1.29 is 22.8 Å². The Hall–Kier alpha value is -1.64. The van der Waals surface area contributed by atoms with Gasteiger partial charge in [-0.15, -0.1) is 0 Å². The molecule has 0 aliphatic carbocycles. The number of likely N-dealkylation sites (N-methyl/N-ethyl adjacent to an activating group) is 1. The van der Waals surface area contributed by atoms with Crippen LogP contribution in [-0.2, 0) is 21.4 Å². The molecular formula is C22H40N3O4S+. The van der Waals surface area contributed by atoms with Gasteiger partial charge in [0.15, 0.2) is 0 Å². The normalized spacial score (nSPS) is 13.2. The number of unbranched alkanes of at least 4 members (excludes halogenated alkanes) is 6. The molecule has 1 atom stereocenters. The van der Waals surface area contributed by atoms with E-state index in [1.54, 1.807) is 12.1 Å². The fourth-order valence-electron chi connectivity index (χ4n) is 3.45. The quantitative estimate of drug-likeness (QED) is 0.268. The summed E-state index contributed by atoms with van der Waals surface area (Å²) in [7, 11) is 1.80. The first-order valence-electron chi connectivity index (χ1n) is 10.9. The Morgan fingerprint density at radius 3 is 2.10 bits per heavy atom. The summed E-state index contributed by atoms with van der Waals surface area (Å²) < 4.78 is 30.3. The zero-order valence-corrected chi connectivity index (χ0v) is 19.8. The molecule has 1 rings (SSSR count). The lowest BCUT2D eigenvalue weighted by Crippen LogP contribution is -2.50. The molecule has 7 nitrogen and oxygen atoms in total. The van der Waals surface area contributed by atoms with Gasteiger partial charge in [-0.25, -0.2) is 0 Å². The highest BCUT2D eigenvalue weighted by molar-refractivity contribution is 7.90. The summed E-state index contributed by atoms with van der Waals surface area (Å²) in [6.45, 7) is 2.59. The highest BCUT2D eigenvalue weighted by atomic mass is 32.2. The number of carbonyl (C=O) groups is 1. The van der Waals surface area contributed by atoms with Gasteiger partial charge in [0, 0.05) is 5.69 Å². The molecule has 1 aromatic rings. The number of nitrogens with zero attached hydrogens (tertiary/aromatic N) is 1. The van der Waals surface area contributed by atoms with Crippen molar-refractivity contribution in [1.82, 2.24) is 4.72 Å². The van der Waals surface area contributed by atoms with Crippen molar-refractivity contribution >= 4 is 21.9 Å². The van der Waals surface area contributed by atoms with Crippen LogP contribution in [0.25, 0.3) is 0 Å². The van der Waals surface area contributed by atoms with E-state index in [0.717, 1.165) is 12.8 Å². The minimum atomic E-state index is -3.87. The van der Waals surface area contributed by atoms with E-state index >= 15 is 0 Å². The van der Waals surface area contributed by atoms with E-state index in [9.17, 15) is 13.2 Å². The lowest BCUT2D eigenvalue weighted by molar-refractivity contribution is -0.871. The SMILES string of the molecule is CCCCCCCCCc1ccc(NS(=O)(=O)NC(CC(=O)O)C[N+](C)(C)C)cc1. The number of hydrogen-bond acceptors (Lipinski definition) is 3. The molecule has 0 bridgehead atoms. The zero-order chi connectivity index (χ0) is 22.6. The predicted octanol–water partition coefficient (Wildman–Crippen LogP) is 3.78. The van der Waals surface area contributed by atoms with Crippen LogP contribution in [0.3, 0.4) is 0 Å². The molecule has 0 heterocycles. The van der Waals surface area contributed by atoms with E-state index < -0.39 is 22.2 Å². The number of benzene rings is 1. The van der Waals surface area contributed by atoms with Gasteiger partial charge in [0.05, 0.1) is 40.2 Å². The number of anilines is 1. The summed E-state index contributed by atoms with van der Waals surface area (Å²) in [5.41, 5.74) is 1.65. The van der Waals surface area contributed by atoms with E-state index in [1.165, 1.54) is 44.1 Å². The summed E-state index contributed by atoms with van der Waals surface area (Å²) in [5, 5.41) is 9.08. The standard InChI is InChI=1S/C22H39N3O4S/c1-5-6-7-8-9-10-11-12-19-13-15-20(16-14-19)23-30(28,29)24-21(17-22(26)27)18-25(2,3)4/h13-16,21,23-24H,5-12,17-18H2,1-4H3/p+1. The van der Waals surface area contributed by atoms with E-state index in [-0.39, 0.29) is 6.42 Å². The number of nitrogens with one attached hydrogen (secondary N) is 2. The Labute approximate surface area is 182 Å². The van der Waals surface area contributed by atoms with Crippen molar-refractivity contribution in [1.29, 1.82) is 0 Å². The van der Waals surface area contributed by atoms with Crippen molar-refractivity contribution in [3.05, 3.63) is 29.8 Å². The highest BCUT2D eigenvalue weighted by Gasteiger charge is 2.25. The van der Waals surface area contributed by atoms with Gasteiger partial charge in [-0.1, -0.05) is 57.6 Å². The predicted molar refractivity (Wildman–Crippen MR) is 123 cm³/mol. The molecule has 1 unspecified atom stereocenters. The summed E-state index contributed by atoms with van der Waals surface area (Å²) >= 11 is 0. The Bertz CT molecular complexity index is 728. The maximum Gasteiger partial charge on any atom is 0.305 e. The van der Waals surface area contributed by atoms with Crippen LogP contribution >= 0.6 is 0 Å². The molecule has 172 valence electrons. The van der Waals surface area contributed by atoms with E-state index in [4.69, 9.17) is 5.11 Å². The molecule has 0 amide bonds. The highest BCUT2D eigenvalue weighted by Crippen LogP contribution is 2.15. The summed E-state index contributed by atoms with van der Waals surface area (Å²) in [6, 6.07) is 6.69. The second-order valence-corrected chi connectivity index (χ2v) is 10.5. The second-order valence-electron chi connectivity index (χ2n) is 9.06. The molecule has 0 aliphatic heterocycles. The van der Waals surface area contributed by atoms with Crippen LogP contribution in [0, 0.1) is 0 Å². The van der Waals surface area contributed by atoms with Crippen LogP contribution in [0.1, 0.15) is 63.9 Å². The minimum absolute atomic E-state index is 0.270. The fraction of sp³-hybridized carbons (Fsp3) is 0.682. The van der Waals surface area contributed by atoms with Crippen molar-refractivity contribution in [3.8, 4) is 0 Å². The molecule has 3 N–H and O–H groups in total. The van der Waals surface area contributed by atoms with E-state index in [1.807, 2.05) is 33.3 Å². The number of rotatable bonds is 16. The molecule has 0 saturated carbocycles. The van der Waals surface area contributed by atoms with Crippen LogP contribution < -0.4 is 9.44 Å². The molecule has 30 heavy (non-hydrogen) atoms. The van der Waals surface area contributed by atoms with Crippen molar-refractivity contribution in [2.24, 2.45) is 0 Å². The molecule has 0 aliphatic rings. The number of quaternary nitrogens is 1. The van der Waals surface area contributed by atoms with Gasteiger partial charge >= 0.3 is 5.97 Å². The van der Waals surface area contributed by atoms with Crippen molar-refractivity contribution in [3.63, 3.8) is 0 Å². The van der Waals surface area contributed by atoms with Crippen molar-refractivity contribution in [2.45, 2.75) is 70.8 Å². The molecule has 0 fully saturated rings. The third-order valence-electron chi connectivity index (χ3n) is 4.79. The first-order valence-corrected chi connectivity index (χ1v) is 12.4. The fourth-order valence-corrected chi connectivity index (χ4v) is 4.55. The van der Waals surface area contributed by atoms with E-state index in [0.29, 0.717) is 16.7 Å². The van der Waals surface area contributed by atoms with Gasteiger partial charge in [0.25, 0.3) is 10.2 Å². The number of hydrogen-bond donors (Lipinski definition) is 3.